The SMILES string of the molecule is CCCc1nc(C(CC)CN)n[nH]1. The highest BCUT2D eigenvalue weighted by molar-refractivity contribution is 4.98. The maximum Gasteiger partial charge on any atom is 0.155 e. The lowest BCUT2D eigenvalue weighted by molar-refractivity contribution is 0.633. The Balaban J connectivity index is 2.66. The first-order chi connectivity index (χ1) is 6.31. The minimum atomic E-state index is 0.307. The molecule has 1 aromatic heterocycles. The standard InChI is InChI=1S/C9H18N4/c1-3-5-8-11-9(13-12-8)7(4-2)6-10/h7H,3-6,10H2,1-2H3,(H,11,12,13). The summed E-state index contributed by atoms with van der Waals surface area (Å²) in [6.07, 6.45) is 3.06. The summed E-state index contributed by atoms with van der Waals surface area (Å²) in [6, 6.07) is 0. The van der Waals surface area contributed by atoms with E-state index in [0.717, 1.165) is 30.9 Å². The second-order valence-electron chi connectivity index (χ2n) is 3.23. The molecule has 1 rings (SSSR count). The number of hydrogen-bond acceptors (Lipinski definition) is 3. The van der Waals surface area contributed by atoms with Crippen LogP contribution >= 0.6 is 0 Å². The highest BCUT2D eigenvalue weighted by Gasteiger charge is 2.12. The van der Waals surface area contributed by atoms with Crippen molar-refractivity contribution < 1.29 is 0 Å². The van der Waals surface area contributed by atoms with Crippen LogP contribution in [0.15, 0.2) is 0 Å². The van der Waals surface area contributed by atoms with E-state index in [0.29, 0.717) is 12.5 Å². The van der Waals surface area contributed by atoms with Crippen LogP contribution in [-0.2, 0) is 6.42 Å². The van der Waals surface area contributed by atoms with Crippen LogP contribution in [0.3, 0.4) is 0 Å². The van der Waals surface area contributed by atoms with Gasteiger partial charge in [0, 0.05) is 18.9 Å². The van der Waals surface area contributed by atoms with Crippen molar-refractivity contribution >= 4 is 0 Å². The normalized spacial score (nSPS) is 13.2. The molecule has 13 heavy (non-hydrogen) atoms. The van der Waals surface area contributed by atoms with Crippen LogP contribution in [0.1, 0.15) is 44.3 Å². The molecule has 4 heteroatoms. The van der Waals surface area contributed by atoms with Gasteiger partial charge in [0.25, 0.3) is 0 Å². The van der Waals surface area contributed by atoms with Gasteiger partial charge in [-0.05, 0) is 12.8 Å². The maximum atomic E-state index is 5.60. The van der Waals surface area contributed by atoms with Crippen molar-refractivity contribution in [1.82, 2.24) is 15.2 Å². The third-order valence-electron chi connectivity index (χ3n) is 2.18. The second-order valence-corrected chi connectivity index (χ2v) is 3.23. The van der Waals surface area contributed by atoms with Crippen LogP contribution in [0.25, 0.3) is 0 Å². The van der Waals surface area contributed by atoms with E-state index in [4.69, 9.17) is 5.73 Å². The molecule has 0 aliphatic rings. The summed E-state index contributed by atoms with van der Waals surface area (Å²) in [5.41, 5.74) is 5.60. The topological polar surface area (TPSA) is 67.6 Å². The monoisotopic (exact) mass is 182 g/mol. The van der Waals surface area contributed by atoms with Crippen LogP contribution < -0.4 is 5.73 Å². The zero-order chi connectivity index (χ0) is 9.68. The Morgan fingerprint density at radius 2 is 2.23 bits per heavy atom. The number of rotatable bonds is 5. The number of nitrogens with one attached hydrogen (secondary N) is 1. The van der Waals surface area contributed by atoms with Gasteiger partial charge in [-0.1, -0.05) is 13.8 Å². The average molecular weight is 182 g/mol. The Labute approximate surface area is 78.9 Å². The first-order valence-corrected chi connectivity index (χ1v) is 4.93. The Morgan fingerprint density at radius 1 is 1.46 bits per heavy atom. The Kier molecular flexibility index (Phi) is 3.89. The number of nitrogens with zero attached hydrogens (tertiary/aromatic N) is 2. The summed E-state index contributed by atoms with van der Waals surface area (Å²) in [4.78, 5) is 4.40. The summed E-state index contributed by atoms with van der Waals surface area (Å²) in [7, 11) is 0. The van der Waals surface area contributed by atoms with E-state index in [1.165, 1.54) is 0 Å². The van der Waals surface area contributed by atoms with Crippen molar-refractivity contribution in [2.75, 3.05) is 6.54 Å². The van der Waals surface area contributed by atoms with E-state index in [-0.39, 0.29) is 0 Å². The molecule has 3 N–H and O–H groups in total. The molecule has 1 aromatic rings. The zero-order valence-corrected chi connectivity index (χ0v) is 8.38. The Hall–Kier alpha value is -0.900. The Morgan fingerprint density at radius 3 is 2.77 bits per heavy atom. The number of nitrogens with two attached hydrogens (primary N) is 1. The third-order valence-corrected chi connectivity index (χ3v) is 2.18. The summed E-state index contributed by atoms with van der Waals surface area (Å²) in [5, 5.41) is 7.10. The number of H-pyrrole nitrogens is 1. The number of aromatic nitrogens is 3. The smallest absolute Gasteiger partial charge is 0.155 e. The summed E-state index contributed by atoms with van der Waals surface area (Å²) in [5.74, 6) is 2.15. The molecule has 0 radical (unpaired) electrons. The van der Waals surface area contributed by atoms with Gasteiger partial charge in [-0.2, -0.15) is 5.10 Å². The molecule has 1 heterocycles. The predicted octanol–water partition coefficient (Wildman–Crippen LogP) is 1.21. The summed E-state index contributed by atoms with van der Waals surface area (Å²) in [6.45, 7) is 4.86. The lowest BCUT2D eigenvalue weighted by Gasteiger charge is -2.05. The van der Waals surface area contributed by atoms with Crippen molar-refractivity contribution in [3.8, 4) is 0 Å². The fraction of sp³-hybridized carbons (Fsp3) is 0.778. The number of hydrogen-bond donors (Lipinski definition) is 2. The van der Waals surface area contributed by atoms with Gasteiger partial charge in [0.2, 0.25) is 0 Å². The van der Waals surface area contributed by atoms with Crippen molar-refractivity contribution in [3.63, 3.8) is 0 Å². The van der Waals surface area contributed by atoms with Crippen molar-refractivity contribution in [1.29, 1.82) is 0 Å². The van der Waals surface area contributed by atoms with Crippen LogP contribution in [0.4, 0.5) is 0 Å². The van der Waals surface area contributed by atoms with Crippen molar-refractivity contribution in [2.45, 2.75) is 39.0 Å². The molecule has 0 aromatic carbocycles. The molecule has 0 saturated carbocycles. The van der Waals surface area contributed by atoms with Gasteiger partial charge >= 0.3 is 0 Å². The van der Waals surface area contributed by atoms with Crippen LogP contribution in [-0.4, -0.2) is 21.7 Å². The van der Waals surface area contributed by atoms with E-state index in [9.17, 15) is 0 Å². The van der Waals surface area contributed by atoms with E-state index >= 15 is 0 Å². The summed E-state index contributed by atoms with van der Waals surface area (Å²) >= 11 is 0. The van der Waals surface area contributed by atoms with Gasteiger partial charge in [0.05, 0.1) is 0 Å². The molecule has 0 aliphatic carbocycles. The molecule has 0 amide bonds. The summed E-state index contributed by atoms with van der Waals surface area (Å²) < 4.78 is 0. The molecule has 0 fully saturated rings. The molecule has 1 atom stereocenters. The van der Waals surface area contributed by atoms with Gasteiger partial charge in [-0.15, -0.1) is 0 Å². The van der Waals surface area contributed by atoms with E-state index in [2.05, 4.69) is 29.0 Å². The third kappa shape index (κ3) is 2.52. The average Bonchev–Trinajstić information content (AvgIpc) is 2.56. The van der Waals surface area contributed by atoms with E-state index < -0.39 is 0 Å². The van der Waals surface area contributed by atoms with Gasteiger partial charge in [0.1, 0.15) is 5.82 Å². The molecular weight excluding hydrogens is 164 g/mol. The quantitative estimate of drug-likeness (QED) is 0.719. The fourth-order valence-electron chi connectivity index (χ4n) is 1.30. The van der Waals surface area contributed by atoms with Gasteiger partial charge in [0.15, 0.2) is 5.82 Å². The minimum Gasteiger partial charge on any atom is -0.330 e. The number of aromatic amines is 1. The van der Waals surface area contributed by atoms with Crippen LogP contribution in [0.5, 0.6) is 0 Å². The molecular formula is C9H18N4. The van der Waals surface area contributed by atoms with E-state index in [1.54, 1.807) is 0 Å². The first kappa shape index (κ1) is 10.2. The molecule has 74 valence electrons. The number of aryl methyl sites for hydroxylation is 1. The van der Waals surface area contributed by atoms with Crippen LogP contribution in [0, 0.1) is 0 Å². The molecule has 0 bridgehead atoms. The van der Waals surface area contributed by atoms with Gasteiger partial charge in [-0.3, -0.25) is 5.10 Å². The minimum absolute atomic E-state index is 0.307. The molecule has 1 unspecified atom stereocenters. The van der Waals surface area contributed by atoms with Gasteiger partial charge < -0.3 is 5.73 Å². The largest absolute Gasteiger partial charge is 0.330 e. The van der Waals surface area contributed by atoms with Crippen molar-refractivity contribution in [2.24, 2.45) is 5.73 Å². The molecule has 0 aliphatic heterocycles. The highest BCUT2D eigenvalue weighted by atomic mass is 15.2. The lowest BCUT2D eigenvalue weighted by atomic mass is 10.1. The second kappa shape index (κ2) is 4.97. The molecule has 0 spiro atoms. The van der Waals surface area contributed by atoms with Crippen LogP contribution in [0.2, 0.25) is 0 Å². The highest BCUT2D eigenvalue weighted by Crippen LogP contribution is 2.13. The predicted molar refractivity (Wildman–Crippen MR) is 52.5 cm³/mol. The Bertz CT molecular complexity index is 240. The van der Waals surface area contributed by atoms with Gasteiger partial charge in [-0.25, -0.2) is 4.98 Å². The zero-order valence-electron chi connectivity index (χ0n) is 8.38. The van der Waals surface area contributed by atoms with Crippen molar-refractivity contribution in [3.05, 3.63) is 11.6 Å². The molecule has 4 nitrogen and oxygen atoms in total. The lowest BCUT2D eigenvalue weighted by Crippen LogP contribution is -2.12. The maximum absolute atomic E-state index is 5.60. The van der Waals surface area contributed by atoms with E-state index in [1.807, 2.05) is 0 Å². The molecule has 0 saturated heterocycles. The first-order valence-electron chi connectivity index (χ1n) is 4.93. The fourth-order valence-corrected chi connectivity index (χ4v) is 1.30.